The summed E-state index contributed by atoms with van der Waals surface area (Å²) in [4.78, 5) is 15.0. The highest BCUT2D eigenvalue weighted by Gasteiger charge is 2.42. The molecule has 0 radical (unpaired) electrons. The Kier molecular flexibility index (Phi) is 3.93. The summed E-state index contributed by atoms with van der Waals surface area (Å²) in [5.74, 6) is -0.722. The zero-order chi connectivity index (χ0) is 13.9. The first-order chi connectivity index (χ1) is 9.09. The van der Waals surface area contributed by atoms with Crippen LogP contribution in [0.25, 0.3) is 0 Å². The topological polar surface area (TPSA) is 62.3 Å². The lowest BCUT2D eigenvalue weighted by Crippen LogP contribution is -2.39. The summed E-state index contributed by atoms with van der Waals surface area (Å²) in [5, 5.41) is 11.3. The Morgan fingerprint density at radius 1 is 1.37 bits per heavy atom. The summed E-state index contributed by atoms with van der Waals surface area (Å²) >= 11 is 5.82. The fraction of sp³-hybridized carbons (Fsp3) is 0.214. The van der Waals surface area contributed by atoms with E-state index in [0.717, 1.165) is 0 Å². The van der Waals surface area contributed by atoms with Crippen molar-refractivity contribution in [2.75, 3.05) is 6.61 Å². The van der Waals surface area contributed by atoms with Crippen LogP contribution in [0.2, 0.25) is 5.02 Å². The molecule has 0 amide bonds. The molecule has 1 aromatic heterocycles. The molecule has 2 rings (SSSR count). The zero-order valence-electron chi connectivity index (χ0n) is 10.4. The molecule has 5 heteroatoms. The van der Waals surface area contributed by atoms with Crippen molar-refractivity contribution in [3.05, 3.63) is 58.9 Å². The third-order valence-corrected chi connectivity index (χ3v) is 3.07. The fourth-order valence-electron chi connectivity index (χ4n) is 1.87. The molecule has 0 unspecified atom stereocenters. The minimum Gasteiger partial charge on any atom is -0.463 e. The molecule has 19 heavy (non-hydrogen) atoms. The van der Waals surface area contributed by atoms with E-state index in [9.17, 15) is 9.90 Å². The predicted octanol–water partition coefficient (Wildman–Crippen LogP) is 2.47. The van der Waals surface area contributed by atoms with Gasteiger partial charge in [0.15, 0.2) is 0 Å². The quantitative estimate of drug-likeness (QED) is 0.845. The Labute approximate surface area is 116 Å². The molecule has 0 saturated heterocycles. The van der Waals surface area contributed by atoms with Crippen molar-refractivity contribution in [1.82, 2.24) is 4.98 Å². The van der Waals surface area contributed by atoms with Gasteiger partial charge in [0.1, 0.15) is 0 Å². The summed E-state index contributed by atoms with van der Waals surface area (Å²) in [5.41, 5.74) is -1.10. The second-order valence-corrected chi connectivity index (χ2v) is 4.46. The van der Waals surface area contributed by atoms with Gasteiger partial charge in [-0.2, -0.15) is 0 Å². The number of benzene rings is 1. The van der Waals surface area contributed by atoms with E-state index in [-0.39, 0.29) is 6.61 Å². The van der Waals surface area contributed by atoms with Gasteiger partial charge < -0.3 is 14.8 Å². The number of halogens is 1. The lowest BCUT2D eigenvalue weighted by atomic mass is 9.90. The van der Waals surface area contributed by atoms with Crippen molar-refractivity contribution in [3.63, 3.8) is 0 Å². The lowest BCUT2D eigenvalue weighted by Gasteiger charge is -2.25. The number of carbonyl (C=O) groups is 1. The minimum absolute atomic E-state index is 0.190. The molecule has 0 aliphatic rings. The van der Waals surface area contributed by atoms with Crippen molar-refractivity contribution < 1.29 is 14.6 Å². The smallest absolute Gasteiger partial charge is 0.349 e. The SMILES string of the molecule is CCOC(=O)[C@@](O)(c1ccc(Cl)cc1)c1ccc[nH]1. The van der Waals surface area contributed by atoms with E-state index in [1.165, 1.54) is 0 Å². The standard InChI is InChI=1S/C14H14ClNO3/c1-2-19-13(17)14(18,12-4-3-9-16-12)10-5-7-11(15)8-6-10/h3-9,16,18H,2H2,1H3/t14-/m1/s1. The molecule has 0 bridgehead atoms. The number of rotatable bonds is 4. The second-order valence-electron chi connectivity index (χ2n) is 4.02. The average molecular weight is 280 g/mol. The van der Waals surface area contributed by atoms with E-state index >= 15 is 0 Å². The molecule has 4 nitrogen and oxygen atoms in total. The molecule has 0 fully saturated rings. The first kappa shape index (κ1) is 13.6. The Bertz CT molecular complexity index is 551. The number of hydrogen-bond donors (Lipinski definition) is 2. The van der Waals surface area contributed by atoms with E-state index < -0.39 is 11.6 Å². The fourth-order valence-corrected chi connectivity index (χ4v) is 1.99. The number of nitrogens with one attached hydrogen (secondary N) is 1. The Balaban J connectivity index is 2.51. The maximum absolute atomic E-state index is 12.1. The maximum Gasteiger partial charge on any atom is 0.349 e. The molecule has 0 aliphatic heterocycles. The summed E-state index contributed by atoms with van der Waals surface area (Å²) in [6.45, 7) is 1.88. The number of aromatic nitrogens is 1. The van der Waals surface area contributed by atoms with Crippen molar-refractivity contribution in [3.8, 4) is 0 Å². The van der Waals surface area contributed by atoms with Crippen LogP contribution in [0.15, 0.2) is 42.6 Å². The lowest BCUT2D eigenvalue weighted by molar-refractivity contribution is -0.161. The number of H-pyrrole nitrogens is 1. The van der Waals surface area contributed by atoms with E-state index in [2.05, 4.69) is 4.98 Å². The van der Waals surface area contributed by atoms with Gasteiger partial charge in [-0.15, -0.1) is 0 Å². The highest BCUT2D eigenvalue weighted by molar-refractivity contribution is 6.30. The van der Waals surface area contributed by atoms with Gasteiger partial charge in [0, 0.05) is 16.8 Å². The predicted molar refractivity (Wildman–Crippen MR) is 71.9 cm³/mol. The van der Waals surface area contributed by atoms with Crippen LogP contribution in [0.3, 0.4) is 0 Å². The number of hydrogen-bond acceptors (Lipinski definition) is 3. The van der Waals surface area contributed by atoms with Crippen LogP contribution in [-0.2, 0) is 15.1 Å². The minimum atomic E-state index is -1.86. The van der Waals surface area contributed by atoms with Gasteiger partial charge in [0.05, 0.1) is 12.3 Å². The zero-order valence-corrected chi connectivity index (χ0v) is 11.1. The van der Waals surface area contributed by atoms with Crippen LogP contribution in [0.4, 0.5) is 0 Å². The summed E-state index contributed by atoms with van der Waals surface area (Å²) in [6.07, 6.45) is 1.63. The Morgan fingerprint density at radius 3 is 2.58 bits per heavy atom. The third kappa shape index (κ3) is 2.50. The highest BCUT2D eigenvalue weighted by atomic mass is 35.5. The number of esters is 1. The van der Waals surface area contributed by atoms with Gasteiger partial charge >= 0.3 is 5.97 Å². The van der Waals surface area contributed by atoms with Crippen molar-refractivity contribution >= 4 is 17.6 Å². The summed E-state index contributed by atoms with van der Waals surface area (Å²) in [7, 11) is 0. The van der Waals surface area contributed by atoms with Crippen LogP contribution in [0.5, 0.6) is 0 Å². The van der Waals surface area contributed by atoms with Gasteiger partial charge in [-0.05, 0) is 31.2 Å². The molecule has 0 spiro atoms. The van der Waals surface area contributed by atoms with E-state index in [0.29, 0.717) is 16.3 Å². The first-order valence-corrected chi connectivity index (χ1v) is 6.26. The number of ether oxygens (including phenoxy) is 1. The molecular formula is C14H14ClNO3. The molecule has 2 aromatic rings. The molecule has 100 valence electrons. The summed E-state index contributed by atoms with van der Waals surface area (Å²) in [6, 6.07) is 9.76. The van der Waals surface area contributed by atoms with Crippen molar-refractivity contribution in [1.29, 1.82) is 0 Å². The monoisotopic (exact) mass is 279 g/mol. The Morgan fingerprint density at radius 2 is 2.05 bits per heavy atom. The van der Waals surface area contributed by atoms with E-state index in [1.807, 2.05) is 0 Å². The number of aromatic amines is 1. The number of aliphatic hydroxyl groups is 1. The van der Waals surface area contributed by atoms with Crippen LogP contribution < -0.4 is 0 Å². The molecular weight excluding hydrogens is 266 g/mol. The average Bonchev–Trinajstić information content (AvgIpc) is 2.93. The molecule has 1 atom stereocenters. The molecule has 0 aliphatic carbocycles. The molecule has 1 aromatic carbocycles. The van der Waals surface area contributed by atoms with Gasteiger partial charge in [-0.25, -0.2) is 4.79 Å². The van der Waals surface area contributed by atoms with Crippen molar-refractivity contribution in [2.24, 2.45) is 0 Å². The van der Waals surface area contributed by atoms with Crippen LogP contribution in [0, 0.1) is 0 Å². The van der Waals surface area contributed by atoms with Gasteiger partial charge in [0.25, 0.3) is 0 Å². The first-order valence-electron chi connectivity index (χ1n) is 5.88. The Hall–Kier alpha value is -1.78. The number of carbonyl (C=O) groups excluding carboxylic acids is 1. The van der Waals surface area contributed by atoms with E-state index in [1.54, 1.807) is 49.5 Å². The van der Waals surface area contributed by atoms with Crippen LogP contribution in [0.1, 0.15) is 18.2 Å². The van der Waals surface area contributed by atoms with Crippen LogP contribution >= 0.6 is 11.6 Å². The van der Waals surface area contributed by atoms with Gasteiger partial charge in [-0.3, -0.25) is 0 Å². The van der Waals surface area contributed by atoms with Crippen molar-refractivity contribution in [2.45, 2.75) is 12.5 Å². The second kappa shape index (κ2) is 5.47. The van der Waals surface area contributed by atoms with Crippen LogP contribution in [-0.4, -0.2) is 22.7 Å². The van der Waals surface area contributed by atoms with E-state index in [4.69, 9.17) is 16.3 Å². The maximum atomic E-state index is 12.1. The highest BCUT2D eigenvalue weighted by Crippen LogP contribution is 2.30. The normalized spacial score (nSPS) is 13.8. The molecule has 2 N–H and O–H groups in total. The summed E-state index contributed by atoms with van der Waals surface area (Å²) < 4.78 is 4.97. The molecule has 0 saturated carbocycles. The largest absolute Gasteiger partial charge is 0.463 e. The third-order valence-electron chi connectivity index (χ3n) is 2.82. The molecule has 1 heterocycles. The van der Waals surface area contributed by atoms with Gasteiger partial charge in [0.2, 0.25) is 5.60 Å². The van der Waals surface area contributed by atoms with Gasteiger partial charge in [-0.1, -0.05) is 23.7 Å².